The maximum absolute atomic E-state index is 12.7. The molecule has 1 atom stereocenters. The van der Waals surface area contributed by atoms with Gasteiger partial charge < -0.3 is 18.9 Å². The first-order valence-corrected chi connectivity index (χ1v) is 8.25. The number of benzene rings is 1. The summed E-state index contributed by atoms with van der Waals surface area (Å²) in [4.78, 5) is 19.3. The van der Waals surface area contributed by atoms with E-state index in [2.05, 4.69) is 0 Å². The average Bonchev–Trinajstić information content (AvgIpc) is 3.24. The molecular formula is C17H21N3O3. The van der Waals surface area contributed by atoms with Crippen LogP contribution in [0.5, 0.6) is 0 Å². The van der Waals surface area contributed by atoms with Crippen LogP contribution in [0.2, 0.25) is 0 Å². The van der Waals surface area contributed by atoms with E-state index in [1.165, 1.54) is 0 Å². The van der Waals surface area contributed by atoms with Crippen molar-refractivity contribution in [3.8, 4) is 0 Å². The molecule has 0 radical (unpaired) electrons. The minimum atomic E-state index is -0.000103. The van der Waals surface area contributed by atoms with Crippen LogP contribution in [0, 0.1) is 0 Å². The van der Waals surface area contributed by atoms with Gasteiger partial charge in [0.2, 0.25) is 5.91 Å². The molecule has 2 aliphatic heterocycles. The van der Waals surface area contributed by atoms with E-state index in [1.54, 1.807) is 0 Å². The first-order valence-electron chi connectivity index (χ1n) is 8.25. The van der Waals surface area contributed by atoms with Crippen LogP contribution in [0.1, 0.15) is 24.8 Å². The fraction of sp³-hybridized carbons (Fsp3) is 0.529. The van der Waals surface area contributed by atoms with Crippen molar-refractivity contribution in [3.05, 3.63) is 30.1 Å². The first-order chi connectivity index (χ1) is 11.3. The zero-order chi connectivity index (χ0) is 15.6. The topological polar surface area (TPSA) is 56.6 Å². The van der Waals surface area contributed by atoms with Gasteiger partial charge in [0.15, 0.2) is 0 Å². The van der Waals surface area contributed by atoms with Gasteiger partial charge in [-0.15, -0.1) is 0 Å². The Morgan fingerprint density at radius 2 is 2.04 bits per heavy atom. The van der Waals surface area contributed by atoms with E-state index in [0.717, 1.165) is 36.3 Å². The normalized spacial score (nSPS) is 21.9. The monoisotopic (exact) mass is 315 g/mol. The van der Waals surface area contributed by atoms with Crippen LogP contribution in [0.4, 0.5) is 0 Å². The van der Waals surface area contributed by atoms with Gasteiger partial charge in [0, 0.05) is 19.7 Å². The number of carbonyl (C=O) groups excluding carboxylic acids is 1. The summed E-state index contributed by atoms with van der Waals surface area (Å²) in [6.45, 7) is 3.66. The van der Waals surface area contributed by atoms with Crippen LogP contribution in [-0.2, 0) is 20.8 Å². The predicted octanol–water partition coefficient (Wildman–Crippen LogP) is 1.75. The molecule has 0 bridgehead atoms. The van der Waals surface area contributed by atoms with Crippen molar-refractivity contribution in [1.82, 2.24) is 14.5 Å². The molecule has 1 amide bonds. The number of hydrogen-bond donors (Lipinski definition) is 0. The van der Waals surface area contributed by atoms with Crippen LogP contribution in [0.25, 0.3) is 11.0 Å². The summed E-state index contributed by atoms with van der Waals surface area (Å²) in [5, 5.41) is 0. The minimum absolute atomic E-state index is 0.000103. The third kappa shape index (κ3) is 2.84. The van der Waals surface area contributed by atoms with Crippen molar-refractivity contribution in [2.24, 2.45) is 0 Å². The number of para-hydroxylation sites is 2. The molecule has 6 heteroatoms. The molecular weight excluding hydrogens is 294 g/mol. The van der Waals surface area contributed by atoms with Crippen molar-refractivity contribution in [2.75, 3.05) is 32.9 Å². The second-order valence-corrected chi connectivity index (χ2v) is 6.04. The standard InChI is InChI=1S/C17H21N3O3/c21-16(19-7-10-22-11-8-19)12-20-14-5-2-1-4-13(14)18-17(20)15-6-3-9-23-15/h1-2,4-5,15H,3,6-12H2. The molecule has 1 aromatic heterocycles. The van der Waals surface area contributed by atoms with Gasteiger partial charge in [-0.3, -0.25) is 4.79 Å². The van der Waals surface area contributed by atoms with Gasteiger partial charge in [0.25, 0.3) is 0 Å². The predicted molar refractivity (Wildman–Crippen MR) is 85.1 cm³/mol. The summed E-state index contributed by atoms with van der Waals surface area (Å²) in [6.07, 6.45) is 2.01. The zero-order valence-electron chi connectivity index (χ0n) is 13.1. The summed E-state index contributed by atoms with van der Waals surface area (Å²) >= 11 is 0. The van der Waals surface area contributed by atoms with Crippen LogP contribution >= 0.6 is 0 Å². The Balaban J connectivity index is 1.66. The molecule has 4 rings (SSSR count). The van der Waals surface area contributed by atoms with Gasteiger partial charge in [0.05, 0.1) is 24.2 Å². The van der Waals surface area contributed by atoms with Gasteiger partial charge in [-0.2, -0.15) is 0 Å². The highest BCUT2D eigenvalue weighted by Crippen LogP contribution is 2.30. The van der Waals surface area contributed by atoms with E-state index < -0.39 is 0 Å². The van der Waals surface area contributed by atoms with Gasteiger partial charge in [0.1, 0.15) is 18.5 Å². The van der Waals surface area contributed by atoms with Crippen molar-refractivity contribution < 1.29 is 14.3 Å². The smallest absolute Gasteiger partial charge is 0.242 e. The maximum Gasteiger partial charge on any atom is 0.242 e. The average molecular weight is 315 g/mol. The molecule has 1 aromatic carbocycles. The lowest BCUT2D eigenvalue weighted by Crippen LogP contribution is -2.42. The Hall–Kier alpha value is -1.92. The number of hydrogen-bond acceptors (Lipinski definition) is 4. The number of aromatic nitrogens is 2. The van der Waals surface area contributed by atoms with Gasteiger partial charge in [-0.05, 0) is 25.0 Å². The summed E-state index contributed by atoms with van der Waals surface area (Å²) in [5.74, 6) is 1.00. The van der Waals surface area contributed by atoms with Crippen LogP contribution in [-0.4, -0.2) is 53.3 Å². The van der Waals surface area contributed by atoms with E-state index in [1.807, 2.05) is 33.7 Å². The van der Waals surface area contributed by atoms with Crippen molar-refractivity contribution >= 4 is 16.9 Å². The van der Waals surface area contributed by atoms with Crippen molar-refractivity contribution in [3.63, 3.8) is 0 Å². The lowest BCUT2D eigenvalue weighted by atomic mass is 10.2. The Morgan fingerprint density at radius 3 is 2.83 bits per heavy atom. The Kier molecular flexibility index (Phi) is 4.01. The first kappa shape index (κ1) is 14.7. The van der Waals surface area contributed by atoms with Gasteiger partial charge >= 0.3 is 0 Å². The fourth-order valence-electron chi connectivity index (χ4n) is 3.34. The van der Waals surface area contributed by atoms with Gasteiger partial charge in [-0.1, -0.05) is 12.1 Å². The molecule has 23 heavy (non-hydrogen) atoms. The number of imidazole rings is 1. The molecule has 122 valence electrons. The third-order valence-corrected chi connectivity index (χ3v) is 4.56. The van der Waals surface area contributed by atoms with E-state index in [0.29, 0.717) is 32.8 Å². The molecule has 2 fully saturated rings. The lowest BCUT2D eigenvalue weighted by Gasteiger charge is -2.27. The summed E-state index contributed by atoms with van der Waals surface area (Å²) in [5.41, 5.74) is 1.92. The van der Waals surface area contributed by atoms with E-state index in [-0.39, 0.29) is 12.0 Å². The summed E-state index contributed by atoms with van der Waals surface area (Å²) in [7, 11) is 0. The lowest BCUT2D eigenvalue weighted by molar-refractivity contribution is -0.135. The number of amides is 1. The molecule has 2 aromatic rings. The second kappa shape index (κ2) is 6.29. The largest absolute Gasteiger partial charge is 0.378 e. The zero-order valence-corrected chi connectivity index (χ0v) is 13.1. The highest BCUT2D eigenvalue weighted by Gasteiger charge is 2.26. The number of rotatable bonds is 3. The van der Waals surface area contributed by atoms with Crippen molar-refractivity contribution in [2.45, 2.75) is 25.5 Å². The van der Waals surface area contributed by atoms with Crippen LogP contribution in [0.3, 0.4) is 0 Å². The molecule has 2 saturated heterocycles. The SMILES string of the molecule is O=C(Cn1c(C2CCCO2)nc2ccccc21)N1CCOCC1. The number of morpholine rings is 1. The highest BCUT2D eigenvalue weighted by molar-refractivity contribution is 5.81. The number of nitrogens with zero attached hydrogens (tertiary/aromatic N) is 3. The Labute approximate surface area is 135 Å². The number of ether oxygens (including phenoxy) is 2. The highest BCUT2D eigenvalue weighted by atomic mass is 16.5. The molecule has 1 unspecified atom stereocenters. The van der Waals surface area contributed by atoms with E-state index in [4.69, 9.17) is 14.5 Å². The molecule has 3 heterocycles. The van der Waals surface area contributed by atoms with Gasteiger partial charge in [-0.25, -0.2) is 4.98 Å². The second-order valence-electron chi connectivity index (χ2n) is 6.04. The molecule has 0 N–H and O–H groups in total. The van der Waals surface area contributed by atoms with E-state index >= 15 is 0 Å². The molecule has 0 spiro atoms. The number of fused-ring (bicyclic) bond motifs is 1. The van der Waals surface area contributed by atoms with E-state index in [9.17, 15) is 4.79 Å². The molecule has 6 nitrogen and oxygen atoms in total. The third-order valence-electron chi connectivity index (χ3n) is 4.56. The van der Waals surface area contributed by atoms with Crippen LogP contribution < -0.4 is 0 Å². The Bertz CT molecular complexity index is 700. The minimum Gasteiger partial charge on any atom is -0.378 e. The fourth-order valence-corrected chi connectivity index (χ4v) is 3.34. The quantitative estimate of drug-likeness (QED) is 0.866. The van der Waals surface area contributed by atoms with Crippen LogP contribution in [0.15, 0.2) is 24.3 Å². The molecule has 0 aliphatic carbocycles. The summed E-state index contributed by atoms with van der Waals surface area (Å²) < 4.78 is 13.2. The Morgan fingerprint density at radius 1 is 1.22 bits per heavy atom. The maximum atomic E-state index is 12.7. The number of carbonyl (C=O) groups is 1. The molecule has 0 saturated carbocycles. The molecule has 2 aliphatic rings. The van der Waals surface area contributed by atoms with Crippen molar-refractivity contribution in [1.29, 1.82) is 0 Å². The summed E-state index contributed by atoms with van der Waals surface area (Å²) in [6, 6.07) is 7.97.